The molecule has 0 aliphatic carbocycles. The summed E-state index contributed by atoms with van der Waals surface area (Å²) in [6.07, 6.45) is 0. The first-order valence-electron chi connectivity index (χ1n) is 1.97. The number of halogens is 1. The number of nitrogens with zero attached hydrogens (tertiary/aromatic N) is 1. The zero-order valence-corrected chi connectivity index (χ0v) is 4.70. The molecule has 0 fully saturated rings. The van der Waals surface area contributed by atoms with E-state index < -0.39 is 5.82 Å². The largest absolute Gasteiger partial charge is 0.205 e. The van der Waals surface area contributed by atoms with Crippen LogP contribution in [0.1, 0.15) is 4.88 Å². The molecule has 0 radical (unpaired) electrons. The average Bonchev–Trinajstić information content (AvgIpc) is 2.14. The Hall–Kier alpha value is -0.880. The van der Waals surface area contributed by atoms with Crippen molar-refractivity contribution in [1.82, 2.24) is 0 Å². The summed E-state index contributed by atoms with van der Waals surface area (Å²) in [7, 11) is 0. The number of nitriles is 1. The highest BCUT2D eigenvalue weighted by molar-refractivity contribution is 7.10. The molecule has 3 heteroatoms. The van der Waals surface area contributed by atoms with E-state index in [0.29, 0.717) is 0 Å². The van der Waals surface area contributed by atoms with Crippen LogP contribution in [0.3, 0.4) is 0 Å². The maximum absolute atomic E-state index is 12.1. The second-order valence-corrected chi connectivity index (χ2v) is 2.13. The van der Waals surface area contributed by atoms with Crippen LogP contribution < -0.4 is 0 Å². The molecule has 0 saturated heterocycles. The first-order valence-corrected chi connectivity index (χ1v) is 2.85. The molecule has 0 amide bonds. The Morgan fingerprint density at radius 3 is 2.75 bits per heavy atom. The van der Waals surface area contributed by atoms with Crippen LogP contribution in [0.5, 0.6) is 0 Å². The quantitative estimate of drug-likeness (QED) is 0.521. The van der Waals surface area contributed by atoms with Gasteiger partial charge in [0.15, 0.2) is 5.82 Å². The molecule has 0 spiro atoms. The molecule has 8 heavy (non-hydrogen) atoms. The van der Waals surface area contributed by atoms with Gasteiger partial charge in [0.2, 0.25) is 0 Å². The van der Waals surface area contributed by atoms with Crippen LogP contribution in [0.25, 0.3) is 0 Å². The summed E-state index contributed by atoms with van der Waals surface area (Å²) in [5.74, 6) is -0.419. The molecule has 0 bridgehead atoms. The zero-order chi connectivity index (χ0) is 5.98. The Morgan fingerprint density at radius 1 is 1.75 bits per heavy atom. The van der Waals surface area contributed by atoms with Gasteiger partial charge < -0.3 is 0 Å². The Kier molecular flexibility index (Phi) is 1.27. The van der Waals surface area contributed by atoms with E-state index in [0.717, 1.165) is 11.3 Å². The van der Waals surface area contributed by atoms with E-state index in [4.69, 9.17) is 5.26 Å². The van der Waals surface area contributed by atoms with Gasteiger partial charge in [-0.25, -0.2) is 4.39 Å². The van der Waals surface area contributed by atoms with E-state index in [1.54, 1.807) is 11.4 Å². The third-order valence-electron chi connectivity index (χ3n) is 0.719. The Morgan fingerprint density at radius 2 is 2.50 bits per heavy atom. The standard InChI is InChI=1S/C5H2FNS/c6-4-1-2-8-5(4)3-7/h1-2H. The summed E-state index contributed by atoms with van der Waals surface area (Å²) in [5.41, 5.74) is 0. The molecule has 1 aromatic rings. The molecule has 0 unspecified atom stereocenters. The maximum Gasteiger partial charge on any atom is 0.151 e. The van der Waals surface area contributed by atoms with Gasteiger partial charge in [-0.3, -0.25) is 0 Å². The predicted octanol–water partition coefficient (Wildman–Crippen LogP) is 1.76. The summed E-state index contributed by atoms with van der Waals surface area (Å²) in [4.78, 5) is 0.157. The van der Waals surface area contributed by atoms with E-state index in [-0.39, 0.29) is 4.88 Å². The van der Waals surface area contributed by atoms with Crippen molar-refractivity contribution in [2.75, 3.05) is 0 Å². The van der Waals surface area contributed by atoms with Crippen molar-refractivity contribution < 1.29 is 4.39 Å². The minimum absolute atomic E-state index is 0.157. The molecule has 0 aliphatic rings. The first kappa shape index (κ1) is 5.26. The van der Waals surface area contributed by atoms with Gasteiger partial charge in [-0.2, -0.15) is 5.26 Å². The lowest BCUT2D eigenvalue weighted by atomic mass is 10.5. The van der Waals surface area contributed by atoms with Gasteiger partial charge in [0.1, 0.15) is 10.9 Å². The van der Waals surface area contributed by atoms with Crippen LogP contribution in [-0.2, 0) is 0 Å². The van der Waals surface area contributed by atoms with Gasteiger partial charge in [-0.05, 0) is 11.4 Å². The van der Waals surface area contributed by atoms with Crippen LogP contribution in [0, 0.1) is 17.1 Å². The van der Waals surface area contributed by atoms with Gasteiger partial charge >= 0.3 is 0 Å². The fourth-order valence-corrected chi connectivity index (χ4v) is 0.930. The molecule has 0 saturated carbocycles. The predicted molar refractivity (Wildman–Crippen MR) is 29.0 cm³/mol. The van der Waals surface area contributed by atoms with Crippen molar-refractivity contribution in [1.29, 1.82) is 5.26 Å². The lowest BCUT2D eigenvalue weighted by molar-refractivity contribution is 0.630. The average molecular weight is 127 g/mol. The molecular formula is C5H2FNS. The second-order valence-electron chi connectivity index (χ2n) is 1.21. The highest BCUT2D eigenvalue weighted by Gasteiger charge is 1.98. The van der Waals surface area contributed by atoms with E-state index >= 15 is 0 Å². The summed E-state index contributed by atoms with van der Waals surface area (Å²) >= 11 is 1.11. The van der Waals surface area contributed by atoms with E-state index in [1.165, 1.54) is 6.07 Å². The number of hydrogen-bond donors (Lipinski definition) is 0. The summed E-state index contributed by atoms with van der Waals surface area (Å²) in [6, 6.07) is 3.00. The van der Waals surface area contributed by atoms with E-state index in [1.807, 2.05) is 0 Å². The zero-order valence-electron chi connectivity index (χ0n) is 3.89. The van der Waals surface area contributed by atoms with Gasteiger partial charge in [0.25, 0.3) is 0 Å². The summed E-state index contributed by atoms with van der Waals surface area (Å²) in [6.45, 7) is 0. The fraction of sp³-hybridized carbons (Fsp3) is 0. The van der Waals surface area contributed by atoms with Crippen molar-refractivity contribution in [3.8, 4) is 6.07 Å². The monoisotopic (exact) mass is 127 g/mol. The van der Waals surface area contributed by atoms with Crippen molar-refractivity contribution in [3.05, 3.63) is 22.1 Å². The molecule has 40 valence electrons. The van der Waals surface area contributed by atoms with Crippen molar-refractivity contribution in [3.63, 3.8) is 0 Å². The normalized spacial score (nSPS) is 8.50. The smallest absolute Gasteiger partial charge is 0.151 e. The highest BCUT2D eigenvalue weighted by atomic mass is 32.1. The molecular weight excluding hydrogens is 125 g/mol. The molecule has 0 aliphatic heterocycles. The highest BCUT2D eigenvalue weighted by Crippen LogP contribution is 2.11. The molecule has 1 heterocycles. The third kappa shape index (κ3) is 0.703. The minimum Gasteiger partial charge on any atom is -0.205 e. The Balaban J connectivity index is 3.15. The van der Waals surface area contributed by atoms with Crippen LogP contribution in [0.4, 0.5) is 4.39 Å². The Bertz CT molecular complexity index is 223. The van der Waals surface area contributed by atoms with Crippen molar-refractivity contribution in [2.24, 2.45) is 0 Å². The van der Waals surface area contributed by atoms with Crippen LogP contribution >= 0.6 is 11.3 Å². The number of thiophene rings is 1. The van der Waals surface area contributed by atoms with Crippen molar-refractivity contribution >= 4 is 11.3 Å². The lowest BCUT2D eigenvalue weighted by Gasteiger charge is -1.72. The molecule has 1 nitrogen and oxygen atoms in total. The molecule has 1 rings (SSSR count). The first-order chi connectivity index (χ1) is 3.84. The summed E-state index contributed by atoms with van der Waals surface area (Å²) in [5, 5.41) is 9.68. The molecule has 0 N–H and O–H groups in total. The fourth-order valence-electron chi connectivity index (χ4n) is 0.374. The Labute approximate surface area is 50.0 Å². The SMILES string of the molecule is N#Cc1sccc1F. The van der Waals surface area contributed by atoms with Crippen molar-refractivity contribution in [2.45, 2.75) is 0 Å². The van der Waals surface area contributed by atoms with E-state index in [9.17, 15) is 4.39 Å². The second kappa shape index (κ2) is 1.93. The van der Waals surface area contributed by atoms with Gasteiger partial charge in [0, 0.05) is 0 Å². The molecule has 0 atom stereocenters. The third-order valence-corrected chi connectivity index (χ3v) is 1.51. The topological polar surface area (TPSA) is 23.8 Å². The van der Waals surface area contributed by atoms with Gasteiger partial charge in [0.05, 0.1) is 0 Å². The lowest BCUT2D eigenvalue weighted by Crippen LogP contribution is -1.66. The van der Waals surface area contributed by atoms with Gasteiger partial charge in [-0.1, -0.05) is 0 Å². The maximum atomic E-state index is 12.1. The molecule has 1 aromatic heterocycles. The van der Waals surface area contributed by atoms with Crippen LogP contribution in [0.15, 0.2) is 11.4 Å². The number of hydrogen-bond acceptors (Lipinski definition) is 2. The molecule has 0 aromatic carbocycles. The number of rotatable bonds is 0. The van der Waals surface area contributed by atoms with Crippen LogP contribution in [0.2, 0.25) is 0 Å². The van der Waals surface area contributed by atoms with E-state index in [2.05, 4.69) is 0 Å². The minimum atomic E-state index is -0.419. The van der Waals surface area contributed by atoms with Gasteiger partial charge in [-0.15, -0.1) is 11.3 Å². The summed E-state index contributed by atoms with van der Waals surface area (Å²) < 4.78 is 12.1. The van der Waals surface area contributed by atoms with Crippen LogP contribution in [-0.4, -0.2) is 0 Å².